The summed E-state index contributed by atoms with van der Waals surface area (Å²) in [6.07, 6.45) is 0. The highest BCUT2D eigenvalue weighted by molar-refractivity contribution is 14.0. The van der Waals surface area contributed by atoms with Crippen LogP contribution in [0.4, 0.5) is 0 Å². The van der Waals surface area contributed by atoms with E-state index < -0.39 is 10.0 Å². The number of morpholine rings is 1. The number of benzene rings is 1. The van der Waals surface area contributed by atoms with Crippen LogP contribution in [-0.2, 0) is 21.3 Å². The van der Waals surface area contributed by atoms with Crippen LogP contribution >= 0.6 is 24.0 Å². The first-order chi connectivity index (χ1) is 12.0. The fourth-order valence-electron chi connectivity index (χ4n) is 2.46. The lowest BCUT2D eigenvalue weighted by molar-refractivity contribution is 0.0730. The molecular formula is C17H29IN4O3S. The molecule has 1 aliphatic heterocycles. The van der Waals surface area contributed by atoms with Crippen LogP contribution in [0, 0.1) is 6.92 Å². The summed E-state index contributed by atoms with van der Waals surface area (Å²) >= 11 is 0. The van der Waals surface area contributed by atoms with Gasteiger partial charge in [-0.15, -0.1) is 24.0 Å². The summed E-state index contributed by atoms with van der Waals surface area (Å²) in [6, 6.07) is 8.21. The average molecular weight is 496 g/mol. The van der Waals surface area contributed by atoms with Crippen molar-refractivity contribution in [3.63, 3.8) is 0 Å². The molecule has 1 aromatic rings. The second kappa shape index (κ2) is 11.7. The molecule has 0 atom stereocenters. The van der Waals surface area contributed by atoms with Crippen LogP contribution in [0.5, 0.6) is 0 Å². The zero-order valence-electron chi connectivity index (χ0n) is 15.4. The van der Waals surface area contributed by atoms with E-state index in [1.165, 1.54) is 9.87 Å². The van der Waals surface area contributed by atoms with Crippen molar-refractivity contribution in [2.75, 3.05) is 45.1 Å². The molecule has 148 valence electrons. The largest absolute Gasteiger partial charge is 0.379 e. The Kier molecular flexibility index (Phi) is 10.4. The number of nitrogens with zero attached hydrogens (tertiary/aromatic N) is 2. The Balaban J connectivity index is 0.00000338. The summed E-state index contributed by atoms with van der Waals surface area (Å²) in [5, 5.41) is 6.24. The number of aliphatic imine (C=N–C) groups is 1. The van der Waals surface area contributed by atoms with Gasteiger partial charge in [-0.1, -0.05) is 29.8 Å². The van der Waals surface area contributed by atoms with Crippen molar-refractivity contribution < 1.29 is 13.2 Å². The highest BCUT2D eigenvalue weighted by Crippen LogP contribution is 2.05. The molecule has 1 aliphatic rings. The van der Waals surface area contributed by atoms with E-state index in [0.717, 1.165) is 12.1 Å². The Labute approximate surface area is 173 Å². The highest BCUT2D eigenvalue weighted by Gasteiger charge is 2.23. The number of ether oxygens (including phenoxy) is 1. The van der Waals surface area contributed by atoms with E-state index in [0.29, 0.717) is 45.4 Å². The van der Waals surface area contributed by atoms with Gasteiger partial charge in [0.15, 0.2) is 5.96 Å². The Bertz CT molecular complexity index is 659. The lowest BCUT2D eigenvalue weighted by Crippen LogP contribution is -2.45. The number of guanidine groups is 1. The Morgan fingerprint density at radius 3 is 2.46 bits per heavy atom. The third kappa shape index (κ3) is 7.77. The first-order valence-corrected chi connectivity index (χ1v) is 10.3. The van der Waals surface area contributed by atoms with Gasteiger partial charge in [0.2, 0.25) is 10.0 Å². The van der Waals surface area contributed by atoms with Crippen LogP contribution in [0.15, 0.2) is 29.3 Å². The van der Waals surface area contributed by atoms with E-state index in [1.807, 2.05) is 26.0 Å². The lowest BCUT2D eigenvalue weighted by Gasteiger charge is -2.26. The van der Waals surface area contributed by atoms with Gasteiger partial charge in [0, 0.05) is 26.2 Å². The van der Waals surface area contributed by atoms with Gasteiger partial charge in [-0.05, 0) is 19.4 Å². The molecule has 1 fully saturated rings. The van der Waals surface area contributed by atoms with Gasteiger partial charge in [0.25, 0.3) is 0 Å². The van der Waals surface area contributed by atoms with Gasteiger partial charge in [-0.25, -0.2) is 13.4 Å². The molecule has 0 aromatic heterocycles. The molecule has 7 nitrogen and oxygen atoms in total. The minimum atomic E-state index is -3.26. The molecule has 0 bridgehead atoms. The van der Waals surface area contributed by atoms with Crippen molar-refractivity contribution in [1.29, 1.82) is 0 Å². The van der Waals surface area contributed by atoms with Crippen LogP contribution in [0.3, 0.4) is 0 Å². The van der Waals surface area contributed by atoms with Gasteiger partial charge in [0.1, 0.15) is 0 Å². The monoisotopic (exact) mass is 496 g/mol. The van der Waals surface area contributed by atoms with E-state index in [2.05, 4.69) is 27.8 Å². The summed E-state index contributed by atoms with van der Waals surface area (Å²) in [6.45, 7) is 7.41. The maximum Gasteiger partial charge on any atom is 0.215 e. The molecule has 26 heavy (non-hydrogen) atoms. The second-order valence-electron chi connectivity index (χ2n) is 5.93. The quantitative estimate of drug-likeness (QED) is 0.338. The molecule has 2 rings (SSSR count). The van der Waals surface area contributed by atoms with Crippen molar-refractivity contribution >= 4 is 40.0 Å². The first kappa shape index (κ1) is 23.1. The number of hydrogen-bond acceptors (Lipinski definition) is 4. The number of sulfonamides is 1. The van der Waals surface area contributed by atoms with E-state index >= 15 is 0 Å². The molecule has 0 aliphatic carbocycles. The van der Waals surface area contributed by atoms with Gasteiger partial charge >= 0.3 is 0 Å². The Hall–Kier alpha value is -0.910. The third-order valence-electron chi connectivity index (χ3n) is 3.90. The normalized spacial score (nSPS) is 16.0. The fraction of sp³-hybridized carbons (Fsp3) is 0.588. The van der Waals surface area contributed by atoms with Crippen molar-refractivity contribution in [3.8, 4) is 0 Å². The van der Waals surface area contributed by atoms with Crippen LogP contribution in [0.1, 0.15) is 18.1 Å². The van der Waals surface area contributed by atoms with Crippen molar-refractivity contribution in [2.45, 2.75) is 20.4 Å². The van der Waals surface area contributed by atoms with Crippen LogP contribution in [0.2, 0.25) is 0 Å². The minimum absolute atomic E-state index is 0. The maximum atomic E-state index is 12.3. The molecule has 1 aromatic carbocycles. The second-order valence-corrected chi connectivity index (χ2v) is 8.02. The molecule has 9 heteroatoms. The number of hydrogen-bond donors (Lipinski definition) is 2. The van der Waals surface area contributed by atoms with E-state index in [1.54, 1.807) is 0 Å². The maximum absolute atomic E-state index is 12.3. The number of aryl methyl sites for hydroxylation is 1. The minimum Gasteiger partial charge on any atom is -0.379 e. The van der Waals surface area contributed by atoms with Crippen molar-refractivity contribution in [3.05, 3.63) is 35.4 Å². The summed E-state index contributed by atoms with van der Waals surface area (Å²) in [4.78, 5) is 4.51. The van der Waals surface area contributed by atoms with Gasteiger partial charge < -0.3 is 15.4 Å². The predicted octanol–water partition coefficient (Wildman–Crippen LogP) is 1.33. The summed E-state index contributed by atoms with van der Waals surface area (Å²) in [7, 11) is -3.26. The SMILES string of the molecule is CCNC(=NCc1ccc(C)cc1)NCCS(=O)(=O)N1CCOCC1.I. The predicted molar refractivity (Wildman–Crippen MR) is 116 cm³/mol. The van der Waals surface area contributed by atoms with E-state index in [-0.39, 0.29) is 29.7 Å². The number of rotatable bonds is 7. The average Bonchev–Trinajstić information content (AvgIpc) is 2.61. The third-order valence-corrected chi connectivity index (χ3v) is 5.77. The van der Waals surface area contributed by atoms with Crippen LogP contribution in [0.25, 0.3) is 0 Å². The van der Waals surface area contributed by atoms with Gasteiger partial charge in [0.05, 0.1) is 25.5 Å². The fourth-order valence-corrected chi connectivity index (χ4v) is 3.78. The molecule has 2 N–H and O–H groups in total. The first-order valence-electron chi connectivity index (χ1n) is 8.64. The molecule has 0 unspecified atom stereocenters. The van der Waals surface area contributed by atoms with E-state index in [4.69, 9.17) is 4.74 Å². The molecule has 0 radical (unpaired) electrons. The molecule has 1 saturated heterocycles. The summed E-state index contributed by atoms with van der Waals surface area (Å²) in [5.41, 5.74) is 2.33. The molecule has 0 saturated carbocycles. The molecule has 1 heterocycles. The number of nitrogens with one attached hydrogen (secondary N) is 2. The van der Waals surface area contributed by atoms with Crippen molar-refractivity contribution in [2.24, 2.45) is 4.99 Å². The molecule has 0 spiro atoms. The number of halogens is 1. The van der Waals surface area contributed by atoms with Gasteiger partial charge in [-0.3, -0.25) is 0 Å². The zero-order chi connectivity index (χ0) is 18.1. The van der Waals surface area contributed by atoms with Gasteiger partial charge in [-0.2, -0.15) is 4.31 Å². The topological polar surface area (TPSA) is 83.0 Å². The Morgan fingerprint density at radius 1 is 1.19 bits per heavy atom. The lowest BCUT2D eigenvalue weighted by atomic mass is 10.1. The zero-order valence-corrected chi connectivity index (χ0v) is 18.5. The highest BCUT2D eigenvalue weighted by atomic mass is 127. The Morgan fingerprint density at radius 2 is 1.85 bits per heavy atom. The molecule has 0 amide bonds. The van der Waals surface area contributed by atoms with Crippen LogP contribution in [-0.4, -0.2) is 63.8 Å². The molecular weight excluding hydrogens is 467 g/mol. The summed E-state index contributed by atoms with van der Waals surface area (Å²) in [5.74, 6) is 0.669. The van der Waals surface area contributed by atoms with E-state index in [9.17, 15) is 8.42 Å². The van der Waals surface area contributed by atoms with Crippen molar-refractivity contribution in [1.82, 2.24) is 14.9 Å². The smallest absolute Gasteiger partial charge is 0.215 e. The standard InChI is InChI=1S/C17H28N4O3S.HI/c1-3-18-17(20-14-16-6-4-15(2)5-7-16)19-8-13-25(22,23)21-9-11-24-12-10-21;/h4-7H,3,8-14H2,1-2H3,(H2,18,19,20);1H. The summed E-state index contributed by atoms with van der Waals surface area (Å²) < 4.78 is 31.3. The van der Waals surface area contributed by atoms with Crippen LogP contribution < -0.4 is 10.6 Å².